The van der Waals surface area contributed by atoms with Crippen molar-refractivity contribution in [3.05, 3.63) is 35.2 Å². The molecule has 1 aromatic carbocycles. The Hall–Kier alpha value is -1.42. The molecule has 0 saturated heterocycles. The Morgan fingerprint density at radius 3 is 2.80 bits per heavy atom. The molecule has 0 unspecified atom stereocenters. The Labute approximate surface area is 123 Å². The average molecular weight is 286 g/mol. The number of thioether (sulfide) groups is 1. The van der Waals surface area contributed by atoms with Crippen LogP contribution in [0.1, 0.15) is 31.2 Å². The molecule has 0 radical (unpaired) electrons. The van der Waals surface area contributed by atoms with Crippen molar-refractivity contribution < 1.29 is 4.74 Å². The van der Waals surface area contributed by atoms with Gasteiger partial charge in [-0.15, -0.1) is 0 Å². The molecule has 0 amide bonds. The maximum atomic E-state index is 5.24. The standard InChI is InChI=1S/C16H18N2OS/c1-19-12-8-6-11(7-9-12)15-10-20-16-17-13-4-2-3-5-14(13)18(15)16/h6-10,13-14H,2-5H2,1H3/t13-,14-/m0/s1. The van der Waals surface area contributed by atoms with E-state index in [2.05, 4.69) is 22.4 Å². The van der Waals surface area contributed by atoms with Crippen LogP contribution < -0.4 is 4.74 Å². The fourth-order valence-corrected chi connectivity index (χ4v) is 4.40. The number of amidine groups is 1. The predicted molar refractivity (Wildman–Crippen MR) is 83.9 cm³/mol. The molecule has 104 valence electrons. The minimum Gasteiger partial charge on any atom is -0.497 e. The fourth-order valence-electron chi connectivity index (χ4n) is 3.39. The lowest BCUT2D eigenvalue weighted by molar-refractivity contribution is 0.305. The zero-order valence-electron chi connectivity index (χ0n) is 11.6. The van der Waals surface area contributed by atoms with Crippen LogP contribution >= 0.6 is 11.8 Å². The largest absolute Gasteiger partial charge is 0.497 e. The van der Waals surface area contributed by atoms with Crippen LogP contribution in [0.3, 0.4) is 0 Å². The molecule has 0 N–H and O–H groups in total. The molecule has 20 heavy (non-hydrogen) atoms. The molecule has 3 aliphatic rings. The van der Waals surface area contributed by atoms with Gasteiger partial charge in [-0.2, -0.15) is 0 Å². The molecule has 1 saturated carbocycles. The Morgan fingerprint density at radius 1 is 1.20 bits per heavy atom. The van der Waals surface area contributed by atoms with E-state index >= 15 is 0 Å². The Morgan fingerprint density at radius 2 is 2.00 bits per heavy atom. The molecule has 1 aromatic rings. The summed E-state index contributed by atoms with van der Waals surface area (Å²) in [6.07, 6.45) is 5.19. The van der Waals surface area contributed by atoms with Crippen LogP contribution in [-0.2, 0) is 0 Å². The molecular weight excluding hydrogens is 268 g/mol. The van der Waals surface area contributed by atoms with E-state index in [9.17, 15) is 0 Å². The highest BCUT2D eigenvalue weighted by molar-refractivity contribution is 8.16. The number of fused-ring (bicyclic) bond motifs is 3. The summed E-state index contributed by atoms with van der Waals surface area (Å²) < 4.78 is 5.24. The van der Waals surface area contributed by atoms with Crippen molar-refractivity contribution in [2.24, 2.45) is 4.99 Å². The summed E-state index contributed by atoms with van der Waals surface area (Å²) in [6.45, 7) is 0. The minimum atomic E-state index is 0.521. The lowest BCUT2D eigenvalue weighted by Crippen LogP contribution is -2.38. The van der Waals surface area contributed by atoms with E-state index in [1.54, 1.807) is 18.9 Å². The summed E-state index contributed by atoms with van der Waals surface area (Å²) in [4.78, 5) is 7.38. The lowest BCUT2D eigenvalue weighted by Gasteiger charge is -2.32. The molecule has 2 heterocycles. The second-order valence-corrected chi connectivity index (χ2v) is 6.39. The number of hydrogen-bond acceptors (Lipinski definition) is 4. The van der Waals surface area contributed by atoms with E-state index in [0.717, 1.165) is 5.75 Å². The first-order chi connectivity index (χ1) is 9.86. The van der Waals surface area contributed by atoms with E-state index in [-0.39, 0.29) is 0 Å². The van der Waals surface area contributed by atoms with Crippen LogP contribution in [-0.4, -0.2) is 29.3 Å². The predicted octanol–water partition coefficient (Wildman–Crippen LogP) is 3.72. The molecule has 0 spiro atoms. The second kappa shape index (κ2) is 4.85. The molecule has 3 nitrogen and oxygen atoms in total. The number of hydrogen-bond donors (Lipinski definition) is 0. The minimum absolute atomic E-state index is 0.521. The van der Waals surface area contributed by atoms with E-state index in [1.807, 2.05) is 12.1 Å². The average Bonchev–Trinajstić information content (AvgIpc) is 3.06. The van der Waals surface area contributed by atoms with Crippen molar-refractivity contribution in [2.45, 2.75) is 37.8 Å². The lowest BCUT2D eigenvalue weighted by atomic mass is 9.90. The molecule has 1 aliphatic carbocycles. The quantitative estimate of drug-likeness (QED) is 0.828. The van der Waals surface area contributed by atoms with Gasteiger partial charge in [-0.3, -0.25) is 4.99 Å². The van der Waals surface area contributed by atoms with Crippen LogP contribution in [0.25, 0.3) is 5.70 Å². The molecule has 4 rings (SSSR count). The summed E-state index contributed by atoms with van der Waals surface area (Å²) in [6, 6.07) is 9.46. The topological polar surface area (TPSA) is 24.8 Å². The van der Waals surface area contributed by atoms with Gasteiger partial charge < -0.3 is 9.64 Å². The Kier molecular flexibility index (Phi) is 2.99. The number of benzene rings is 1. The van der Waals surface area contributed by atoms with Crippen molar-refractivity contribution in [3.63, 3.8) is 0 Å². The second-order valence-electron chi connectivity index (χ2n) is 5.55. The van der Waals surface area contributed by atoms with Gasteiger partial charge in [0.1, 0.15) is 5.75 Å². The zero-order chi connectivity index (χ0) is 13.5. The number of nitrogens with zero attached hydrogens (tertiary/aromatic N) is 2. The Balaban J connectivity index is 1.64. The first-order valence-electron chi connectivity index (χ1n) is 7.25. The third-order valence-corrected chi connectivity index (χ3v) is 5.28. The van der Waals surface area contributed by atoms with Crippen LogP contribution in [0, 0.1) is 0 Å². The van der Waals surface area contributed by atoms with Crippen molar-refractivity contribution in [2.75, 3.05) is 7.11 Å². The fraction of sp³-hybridized carbons (Fsp3) is 0.438. The van der Waals surface area contributed by atoms with Gasteiger partial charge in [0.15, 0.2) is 5.17 Å². The zero-order valence-corrected chi connectivity index (χ0v) is 12.4. The van der Waals surface area contributed by atoms with E-state index in [0.29, 0.717) is 12.1 Å². The first-order valence-corrected chi connectivity index (χ1v) is 8.13. The highest BCUT2D eigenvalue weighted by atomic mass is 32.2. The van der Waals surface area contributed by atoms with Crippen molar-refractivity contribution in [1.82, 2.24) is 4.90 Å². The molecular formula is C16H18N2OS. The number of aliphatic imine (C=N–C) groups is 1. The molecule has 4 heteroatoms. The van der Waals surface area contributed by atoms with E-state index < -0.39 is 0 Å². The van der Waals surface area contributed by atoms with Gasteiger partial charge >= 0.3 is 0 Å². The molecule has 2 atom stereocenters. The van der Waals surface area contributed by atoms with Gasteiger partial charge in [-0.1, -0.05) is 24.6 Å². The Bertz CT molecular complexity index is 579. The van der Waals surface area contributed by atoms with E-state index in [1.165, 1.54) is 42.1 Å². The van der Waals surface area contributed by atoms with Gasteiger partial charge in [-0.25, -0.2) is 0 Å². The van der Waals surface area contributed by atoms with Crippen LogP contribution in [0.2, 0.25) is 0 Å². The summed E-state index contributed by atoms with van der Waals surface area (Å²) in [7, 11) is 1.71. The molecule has 1 fully saturated rings. The summed E-state index contributed by atoms with van der Waals surface area (Å²) in [5.41, 5.74) is 2.57. The van der Waals surface area contributed by atoms with Crippen molar-refractivity contribution in [3.8, 4) is 5.75 Å². The molecule has 2 aliphatic heterocycles. The number of ether oxygens (including phenoxy) is 1. The maximum Gasteiger partial charge on any atom is 0.168 e. The van der Waals surface area contributed by atoms with E-state index in [4.69, 9.17) is 9.73 Å². The smallest absolute Gasteiger partial charge is 0.168 e. The molecule has 0 aromatic heterocycles. The summed E-state index contributed by atoms with van der Waals surface area (Å²) >= 11 is 1.77. The SMILES string of the molecule is COc1ccc(C2=CSC3=N[C@H]4CCCC[C@@H]4N23)cc1. The number of rotatable bonds is 2. The van der Waals surface area contributed by atoms with Crippen LogP contribution in [0.5, 0.6) is 5.75 Å². The third-order valence-electron chi connectivity index (χ3n) is 4.43. The van der Waals surface area contributed by atoms with Gasteiger partial charge in [0.05, 0.1) is 24.9 Å². The molecule has 0 bridgehead atoms. The van der Waals surface area contributed by atoms with Gasteiger partial charge in [-0.05, 0) is 42.7 Å². The highest BCUT2D eigenvalue weighted by Crippen LogP contribution is 2.44. The summed E-state index contributed by atoms with van der Waals surface area (Å²) in [5.74, 6) is 0.908. The van der Waals surface area contributed by atoms with Gasteiger partial charge in [0.25, 0.3) is 0 Å². The van der Waals surface area contributed by atoms with Gasteiger partial charge in [0.2, 0.25) is 0 Å². The summed E-state index contributed by atoms with van der Waals surface area (Å²) in [5, 5.41) is 3.44. The van der Waals surface area contributed by atoms with Crippen LogP contribution in [0.4, 0.5) is 0 Å². The first kappa shape index (κ1) is 12.3. The monoisotopic (exact) mass is 286 g/mol. The van der Waals surface area contributed by atoms with Crippen molar-refractivity contribution in [1.29, 1.82) is 0 Å². The van der Waals surface area contributed by atoms with Crippen molar-refractivity contribution >= 4 is 22.6 Å². The van der Waals surface area contributed by atoms with Crippen LogP contribution in [0.15, 0.2) is 34.7 Å². The highest BCUT2D eigenvalue weighted by Gasteiger charge is 2.41. The normalized spacial score (nSPS) is 27.8. The van der Waals surface area contributed by atoms with Gasteiger partial charge in [0, 0.05) is 5.41 Å². The third kappa shape index (κ3) is 1.85. The number of methoxy groups -OCH3 is 1. The maximum absolute atomic E-state index is 5.24.